The molecule has 0 aliphatic carbocycles. The standard InChI is InChI=1S/C16H21NO3S/c1-3-12-5-4-6-13(9-12)20-8-7-16-17-14(11-19-2)15(10-18)21-16/h4-6,9,18H,3,7-8,10-11H2,1-2H3. The highest BCUT2D eigenvalue weighted by molar-refractivity contribution is 7.11. The van der Waals surface area contributed by atoms with Gasteiger partial charge in [-0.3, -0.25) is 0 Å². The monoisotopic (exact) mass is 307 g/mol. The lowest BCUT2D eigenvalue weighted by atomic mass is 10.2. The van der Waals surface area contributed by atoms with Gasteiger partial charge in [-0.15, -0.1) is 11.3 Å². The molecule has 1 aromatic carbocycles. The van der Waals surface area contributed by atoms with Gasteiger partial charge >= 0.3 is 0 Å². The summed E-state index contributed by atoms with van der Waals surface area (Å²) in [5, 5.41) is 10.3. The maximum absolute atomic E-state index is 9.30. The number of hydrogen-bond donors (Lipinski definition) is 1. The van der Waals surface area contributed by atoms with E-state index in [9.17, 15) is 5.11 Å². The summed E-state index contributed by atoms with van der Waals surface area (Å²) in [6.45, 7) is 3.15. The van der Waals surface area contributed by atoms with Crippen molar-refractivity contribution in [2.45, 2.75) is 33.0 Å². The van der Waals surface area contributed by atoms with E-state index < -0.39 is 0 Å². The molecule has 0 unspecified atom stereocenters. The lowest BCUT2D eigenvalue weighted by molar-refractivity contribution is 0.178. The minimum atomic E-state index is 0.00968. The third-order valence-electron chi connectivity index (χ3n) is 3.14. The summed E-state index contributed by atoms with van der Waals surface area (Å²) in [4.78, 5) is 5.36. The number of methoxy groups -OCH3 is 1. The Hall–Kier alpha value is -1.43. The minimum Gasteiger partial charge on any atom is -0.493 e. The van der Waals surface area contributed by atoms with Crippen LogP contribution in [0.25, 0.3) is 0 Å². The molecular weight excluding hydrogens is 286 g/mol. The molecule has 0 aliphatic rings. The van der Waals surface area contributed by atoms with Gasteiger partial charge in [-0.05, 0) is 24.1 Å². The summed E-state index contributed by atoms with van der Waals surface area (Å²) in [5.74, 6) is 0.894. The number of hydrogen-bond acceptors (Lipinski definition) is 5. The summed E-state index contributed by atoms with van der Waals surface area (Å²) in [6.07, 6.45) is 1.74. The zero-order valence-corrected chi connectivity index (χ0v) is 13.3. The molecule has 0 saturated carbocycles. The zero-order valence-electron chi connectivity index (χ0n) is 12.5. The van der Waals surface area contributed by atoms with E-state index in [1.165, 1.54) is 16.9 Å². The first-order valence-corrected chi connectivity index (χ1v) is 7.87. The van der Waals surface area contributed by atoms with Crippen molar-refractivity contribution in [1.29, 1.82) is 0 Å². The lowest BCUT2D eigenvalue weighted by Gasteiger charge is -2.06. The number of aliphatic hydroxyl groups excluding tert-OH is 1. The molecule has 2 rings (SSSR count). The number of benzene rings is 1. The number of nitrogens with zero attached hydrogens (tertiary/aromatic N) is 1. The number of aryl methyl sites for hydroxylation is 1. The number of aromatic nitrogens is 1. The molecular formula is C16H21NO3S. The minimum absolute atomic E-state index is 0.00968. The Balaban J connectivity index is 1.90. The van der Waals surface area contributed by atoms with Crippen molar-refractivity contribution in [3.05, 3.63) is 45.4 Å². The normalized spacial score (nSPS) is 10.8. The fourth-order valence-corrected chi connectivity index (χ4v) is 2.94. The summed E-state index contributed by atoms with van der Waals surface area (Å²) in [7, 11) is 1.63. The van der Waals surface area contributed by atoms with E-state index >= 15 is 0 Å². The van der Waals surface area contributed by atoms with E-state index in [0.717, 1.165) is 34.2 Å². The molecule has 21 heavy (non-hydrogen) atoms. The molecule has 5 heteroatoms. The van der Waals surface area contributed by atoms with Gasteiger partial charge in [0.15, 0.2) is 0 Å². The van der Waals surface area contributed by atoms with Crippen molar-refractivity contribution in [3.63, 3.8) is 0 Å². The molecule has 0 atom stereocenters. The first-order valence-electron chi connectivity index (χ1n) is 7.05. The maximum Gasteiger partial charge on any atom is 0.119 e. The Bertz CT molecular complexity index is 568. The van der Waals surface area contributed by atoms with Crippen molar-refractivity contribution in [3.8, 4) is 5.75 Å². The van der Waals surface area contributed by atoms with Crippen LogP contribution in [0.2, 0.25) is 0 Å². The van der Waals surface area contributed by atoms with Gasteiger partial charge < -0.3 is 14.6 Å². The number of ether oxygens (including phenoxy) is 2. The molecule has 0 bridgehead atoms. The van der Waals surface area contributed by atoms with Crippen molar-refractivity contribution in [2.24, 2.45) is 0 Å². The van der Waals surface area contributed by atoms with Crippen molar-refractivity contribution in [2.75, 3.05) is 13.7 Å². The van der Waals surface area contributed by atoms with E-state index in [-0.39, 0.29) is 6.61 Å². The van der Waals surface area contributed by atoms with Crippen LogP contribution < -0.4 is 4.74 Å². The molecule has 1 aromatic heterocycles. The molecule has 0 amide bonds. The zero-order chi connectivity index (χ0) is 15.1. The molecule has 4 nitrogen and oxygen atoms in total. The van der Waals surface area contributed by atoms with Crippen LogP contribution in [0.3, 0.4) is 0 Å². The average molecular weight is 307 g/mol. The first-order chi connectivity index (χ1) is 10.3. The molecule has 0 saturated heterocycles. The van der Waals surface area contributed by atoms with Crippen LogP contribution in [0.4, 0.5) is 0 Å². The Morgan fingerprint density at radius 3 is 2.90 bits per heavy atom. The molecule has 1 heterocycles. The van der Waals surface area contributed by atoms with E-state index in [1.54, 1.807) is 7.11 Å². The molecule has 114 valence electrons. The Kier molecular flexibility index (Phi) is 6.17. The largest absolute Gasteiger partial charge is 0.493 e. The van der Waals surface area contributed by atoms with Crippen LogP contribution in [-0.2, 0) is 30.8 Å². The molecule has 1 N–H and O–H groups in total. The average Bonchev–Trinajstić information content (AvgIpc) is 2.90. The summed E-state index contributed by atoms with van der Waals surface area (Å²) < 4.78 is 10.9. The SMILES string of the molecule is CCc1cccc(OCCc2nc(COC)c(CO)s2)c1. The van der Waals surface area contributed by atoms with Gasteiger partial charge in [-0.1, -0.05) is 19.1 Å². The van der Waals surface area contributed by atoms with Crippen LogP contribution in [0.5, 0.6) is 5.75 Å². The third-order valence-corrected chi connectivity index (χ3v) is 4.28. The van der Waals surface area contributed by atoms with Gasteiger partial charge in [0.25, 0.3) is 0 Å². The smallest absolute Gasteiger partial charge is 0.119 e. The van der Waals surface area contributed by atoms with Crippen molar-refractivity contribution < 1.29 is 14.6 Å². The van der Waals surface area contributed by atoms with E-state index in [1.807, 2.05) is 12.1 Å². The maximum atomic E-state index is 9.30. The van der Waals surface area contributed by atoms with E-state index in [0.29, 0.717) is 13.2 Å². The molecule has 0 fully saturated rings. The van der Waals surface area contributed by atoms with Gasteiger partial charge in [-0.2, -0.15) is 0 Å². The Labute approximate surface area is 129 Å². The predicted octanol–water partition coefficient (Wildman–Crippen LogP) is 2.97. The quantitative estimate of drug-likeness (QED) is 0.814. The van der Waals surface area contributed by atoms with E-state index in [2.05, 4.69) is 24.0 Å². The fourth-order valence-electron chi connectivity index (χ4n) is 2.03. The third kappa shape index (κ3) is 4.52. The molecule has 0 spiro atoms. The van der Waals surface area contributed by atoms with Gasteiger partial charge in [0.05, 0.1) is 35.4 Å². The molecule has 2 aromatic rings. The first kappa shape index (κ1) is 15.9. The summed E-state index contributed by atoms with van der Waals surface area (Å²) in [5.41, 5.74) is 2.10. The van der Waals surface area contributed by atoms with Crippen LogP contribution in [0, 0.1) is 0 Å². The second-order valence-electron chi connectivity index (χ2n) is 4.67. The molecule has 0 radical (unpaired) electrons. The summed E-state index contributed by atoms with van der Waals surface area (Å²) in [6, 6.07) is 8.14. The number of thiazole rings is 1. The highest BCUT2D eigenvalue weighted by Crippen LogP contribution is 2.20. The van der Waals surface area contributed by atoms with Crippen LogP contribution >= 0.6 is 11.3 Å². The van der Waals surface area contributed by atoms with E-state index in [4.69, 9.17) is 9.47 Å². The van der Waals surface area contributed by atoms with Gasteiger partial charge in [0, 0.05) is 13.5 Å². The van der Waals surface area contributed by atoms with Gasteiger partial charge in [-0.25, -0.2) is 4.98 Å². The molecule has 0 aliphatic heterocycles. The van der Waals surface area contributed by atoms with Crippen LogP contribution in [0.1, 0.15) is 28.1 Å². The predicted molar refractivity (Wildman–Crippen MR) is 83.8 cm³/mol. The fraction of sp³-hybridized carbons (Fsp3) is 0.438. The Morgan fingerprint density at radius 1 is 1.33 bits per heavy atom. The highest BCUT2D eigenvalue weighted by atomic mass is 32.1. The topological polar surface area (TPSA) is 51.6 Å². The van der Waals surface area contributed by atoms with Crippen molar-refractivity contribution >= 4 is 11.3 Å². The highest BCUT2D eigenvalue weighted by Gasteiger charge is 2.10. The van der Waals surface area contributed by atoms with Crippen LogP contribution in [-0.4, -0.2) is 23.8 Å². The summed E-state index contributed by atoms with van der Waals surface area (Å²) >= 11 is 1.52. The van der Waals surface area contributed by atoms with Gasteiger partial charge in [0.2, 0.25) is 0 Å². The second kappa shape index (κ2) is 8.12. The van der Waals surface area contributed by atoms with Crippen LogP contribution in [0.15, 0.2) is 24.3 Å². The number of aliphatic hydroxyl groups is 1. The Morgan fingerprint density at radius 2 is 2.19 bits per heavy atom. The van der Waals surface area contributed by atoms with Crippen molar-refractivity contribution in [1.82, 2.24) is 4.98 Å². The van der Waals surface area contributed by atoms with Gasteiger partial charge in [0.1, 0.15) is 5.75 Å². The second-order valence-corrected chi connectivity index (χ2v) is 5.84. The number of rotatable bonds is 8. The lowest BCUT2D eigenvalue weighted by Crippen LogP contribution is -2.01.